The highest BCUT2D eigenvalue weighted by molar-refractivity contribution is 7.14. The Labute approximate surface area is 180 Å². The zero-order chi connectivity index (χ0) is 21.3. The fraction of sp³-hybridized carbons (Fsp3) is 0.286. The minimum atomic E-state index is -0.220. The topological polar surface area (TPSA) is 89.4 Å². The minimum Gasteiger partial charge on any atom is -0.392 e. The molecule has 0 spiro atoms. The molecule has 1 amide bonds. The van der Waals surface area contributed by atoms with Crippen LogP contribution in [0.25, 0.3) is 11.3 Å². The van der Waals surface area contributed by atoms with Gasteiger partial charge < -0.3 is 10.2 Å². The Morgan fingerprint density at radius 1 is 1.33 bits per heavy atom. The maximum atomic E-state index is 12.6. The number of rotatable bonds is 5. The van der Waals surface area contributed by atoms with E-state index in [2.05, 4.69) is 27.4 Å². The lowest BCUT2D eigenvalue weighted by Gasteiger charge is -2.09. The Balaban J connectivity index is 1.54. The molecule has 152 valence electrons. The molecule has 0 aromatic carbocycles. The van der Waals surface area contributed by atoms with Gasteiger partial charge in [-0.1, -0.05) is 17.5 Å². The predicted octanol–water partition coefficient (Wildman–Crippen LogP) is 2.49. The SMILES string of the molecule is Bc1cncc(C(=O)Nc2ccc(-c3nc(C4=NOC(C)C4)sc3CC)cn2)c1C. The number of pyridine rings is 2. The molecule has 9 heteroatoms. The second kappa shape index (κ2) is 8.35. The fourth-order valence-corrected chi connectivity index (χ4v) is 4.23. The first-order chi connectivity index (χ1) is 14.5. The average Bonchev–Trinajstić information content (AvgIpc) is 3.36. The third-order valence-electron chi connectivity index (χ3n) is 5.08. The highest BCUT2D eigenvalue weighted by atomic mass is 32.1. The molecule has 0 saturated heterocycles. The van der Waals surface area contributed by atoms with E-state index in [9.17, 15) is 4.79 Å². The number of aryl methyl sites for hydroxylation is 1. The van der Waals surface area contributed by atoms with E-state index in [1.165, 1.54) is 4.88 Å². The molecule has 0 aliphatic carbocycles. The molecule has 1 atom stereocenters. The lowest BCUT2D eigenvalue weighted by Crippen LogP contribution is -2.19. The largest absolute Gasteiger partial charge is 0.392 e. The monoisotopic (exact) mass is 419 g/mol. The van der Waals surface area contributed by atoms with Crippen LogP contribution < -0.4 is 10.8 Å². The van der Waals surface area contributed by atoms with E-state index < -0.39 is 0 Å². The first kappa shape index (κ1) is 20.2. The lowest BCUT2D eigenvalue weighted by molar-refractivity contribution is 0.0995. The minimum absolute atomic E-state index is 0.0919. The molecule has 7 nitrogen and oxygen atoms in total. The van der Waals surface area contributed by atoms with E-state index in [0.29, 0.717) is 11.4 Å². The van der Waals surface area contributed by atoms with Crippen LogP contribution in [0, 0.1) is 6.92 Å². The number of carbonyl (C=O) groups is 1. The van der Waals surface area contributed by atoms with Crippen molar-refractivity contribution in [2.24, 2.45) is 5.16 Å². The first-order valence-corrected chi connectivity index (χ1v) is 10.7. The average molecular weight is 419 g/mol. The van der Waals surface area contributed by atoms with Crippen LogP contribution in [-0.4, -0.2) is 40.5 Å². The number of hydrogen-bond acceptors (Lipinski definition) is 7. The van der Waals surface area contributed by atoms with Crippen LogP contribution in [-0.2, 0) is 11.3 Å². The quantitative estimate of drug-likeness (QED) is 0.642. The number of anilines is 1. The molecule has 3 aromatic rings. The second-order valence-electron chi connectivity index (χ2n) is 7.32. The Bertz CT molecular complexity index is 1130. The van der Waals surface area contributed by atoms with Gasteiger partial charge in [-0.25, -0.2) is 9.97 Å². The molecule has 0 saturated carbocycles. The van der Waals surface area contributed by atoms with Gasteiger partial charge in [0.2, 0.25) is 0 Å². The van der Waals surface area contributed by atoms with Crippen LogP contribution in [0.1, 0.15) is 46.1 Å². The van der Waals surface area contributed by atoms with Gasteiger partial charge in [0.15, 0.2) is 0 Å². The van der Waals surface area contributed by atoms with Crippen molar-refractivity contribution < 1.29 is 9.63 Å². The third kappa shape index (κ3) is 3.98. The van der Waals surface area contributed by atoms with E-state index in [1.54, 1.807) is 36.0 Å². The highest BCUT2D eigenvalue weighted by Crippen LogP contribution is 2.31. The number of amides is 1. The summed E-state index contributed by atoms with van der Waals surface area (Å²) < 4.78 is 0. The molecule has 30 heavy (non-hydrogen) atoms. The molecule has 3 aromatic heterocycles. The van der Waals surface area contributed by atoms with Gasteiger partial charge in [-0.15, -0.1) is 11.3 Å². The summed E-state index contributed by atoms with van der Waals surface area (Å²) in [4.78, 5) is 32.4. The van der Waals surface area contributed by atoms with Crippen molar-refractivity contribution in [3.8, 4) is 11.3 Å². The number of aromatic nitrogens is 3. The number of nitrogens with zero attached hydrogens (tertiary/aromatic N) is 4. The van der Waals surface area contributed by atoms with Gasteiger partial charge in [0, 0.05) is 35.5 Å². The predicted molar refractivity (Wildman–Crippen MR) is 122 cm³/mol. The van der Waals surface area contributed by atoms with E-state index >= 15 is 0 Å². The van der Waals surface area contributed by atoms with Gasteiger partial charge in [0.25, 0.3) is 5.91 Å². The number of oxime groups is 1. The summed E-state index contributed by atoms with van der Waals surface area (Å²) in [7, 11) is 1.93. The van der Waals surface area contributed by atoms with E-state index in [1.807, 2.05) is 27.8 Å². The third-order valence-corrected chi connectivity index (χ3v) is 6.33. The molecule has 1 aliphatic heterocycles. The van der Waals surface area contributed by atoms with Gasteiger partial charge in [0.05, 0.1) is 11.3 Å². The van der Waals surface area contributed by atoms with Gasteiger partial charge >= 0.3 is 0 Å². The number of thiazole rings is 1. The number of nitrogens with one attached hydrogen (secondary N) is 1. The van der Waals surface area contributed by atoms with Crippen LogP contribution in [0.15, 0.2) is 35.9 Å². The summed E-state index contributed by atoms with van der Waals surface area (Å²) in [6.07, 6.45) is 6.80. The van der Waals surface area contributed by atoms with Crippen LogP contribution in [0.3, 0.4) is 0 Å². The van der Waals surface area contributed by atoms with Crippen LogP contribution in [0.2, 0.25) is 0 Å². The Morgan fingerprint density at radius 3 is 2.83 bits per heavy atom. The maximum absolute atomic E-state index is 12.6. The zero-order valence-corrected chi connectivity index (χ0v) is 18.2. The van der Waals surface area contributed by atoms with Crippen molar-refractivity contribution in [1.29, 1.82) is 0 Å². The smallest absolute Gasteiger partial charge is 0.258 e. The van der Waals surface area contributed by atoms with Crippen molar-refractivity contribution in [2.45, 2.75) is 39.7 Å². The lowest BCUT2D eigenvalue weighted by atomic mass is 9.91. The van der Waals surface area contributed by atoms with Crippen molar-refractivity contribution in [3.63, 3.8) is 0 Å². The number of carbonyl (C=O) groups excluding carboxylic acids is 1. The molecule has 4 rings (SSSR count). The van der Waals surface area contributed by atoms with E-state index in [-0.39, 0.29) is 12.0 Å². The standard InChI is InChI=1S/C21H22BN5O2S/c1-4-17-19(26-21(30-17)16-7-11(2)29-27-16)13-5-6-18(24-8-13)25-20(28)14-9-23-10-15(22)12(14)3/h5-6,8-11H,4,7,22H2,1-3H3,(H,24,25,28). The molecule has 0 bridgehead atoms. The van der Waals surface area contributed by atoms with Gasteiger partial charge in [-0.05, 0) is 38.0 Å². The van der Waals surface area contributed by atoms with Crippen LogP contribution >= 0.6 is 11.3 Å². The summed E-state index contributed by atoms with van der Waals surface area (Å²) >= 11 is 1.64. The van der Waals surface area contributed by atoms with Crippen molar-refractivity contribution >= 4 is 42.1 Å². The molecule has 1 unspecified atom stereocenters. The molecule has 0 radical (unpaired) electrons. The summed E-state index contributed by atoms with van der Waals surface area (Å²) in [5.41, 5.74) is 5.15. The molecule has 4 heterocycles. The fourth-order valence-electron chi connectivity index (χ4n) is 3.22. The summed E-state index contributed by atoms with van der Waals surface area (Å²) in [6.45, 7) is 6.02. The molecular formula is C21H22BN5O2S. The Kier molecular flexibility index (Phi) is 5.63. The Morgan fingerprint density at radius 2 is 2.17 bits per heavy atom. The van der Waals surface area contributed by atoms with Crippen LogP contribution in [0.4, 0.5) is 5.82 Å². The van der Waals surface area contributed by atoms with Crippen molar-refractivity contribution in [2.75, 3.05) is 5.32 Å². The van der Waals surface area contributed by atoms with E-state index in [0.717, 1.165) is 45.8 Å². The first-order valence-electron chi connectivity index (χ1n) is 9.88. The molecule has 0 fully saturated rings. The van der Waals surface area contributed by atoms with Crippen molar-refractivity contribution in [3.05, 3.63) is 51.7 Å². The van der Waals surface area contributed by atoms with Gasteiger partial charge in [-0.3, -0.25) is 9.78 Å². The highest BCUT2D eigenvalue weighted by Gasteiger charge is 2.23. The summed E-state index contributed by atoms with van der Waals surface area (Å²) in [6, 6.07) is 3.72. The normalized spacial score (nSPS) is 15.6. The molecular weight excluding hydrogens is 397 g/mol. The van der Waals surface area contributed by atoms with Gasteiger partial charge in [-0.2, -0.15) is 0 Å². The summed E-state index contributed by atoms with van der Waals surface area (Å²) in [5, 5.41) is 7.89. The van der Waals surface area contributed by atoms with Gasteiger partial charge in [0.1, 0.15) is 30.5 Å². The van der Waals surface area contributed by atoms with Crippen molar-refractivity contribution in [1.82, 2.24) is 15.0 Å². The van der Waals surface area contributed by atoms with Crippen LogP contribution in [0.5, 0.6) is 0 Å². The molecule has 1 aliphatic rings. The van der Waals surface area contributed by atoms with E-state index in [4.69, 9.17) is 9.82 Å². The Hall–Kier alpha value is -3.07. The molecule has 1 N–H and O–H groups in total. The number of hydrogen-bond donors (Lipinski definition) is 1. The zero-order valence-electron chi connectivity index (χ0n) is 17.4. The second-order valence-corrected chi connectivity index (χ2v) is 8.40. The maximum Gasteiger partial charge on any atom is 0.258 e. The summed E-state index contributed by atoms with van der Waals surface area (Å²) in [5.74, 6) is 0.267.